The van der Waals surface area contributed by atoms with Crippen LogP contribution < -0.4 is 8.45 Å². The fourth-order valence-electron chi connectivity index (χ4n) is 0.861. The molecular formula is C8H14N2OSn. The van der Waals surface area contributed by atoms with Crippen molar-refractivity contribution in [3.63, 3.8) is 0 Å². The first-order valence-electron chi connectivity index (χ1n) is 3.90. The van der Waals surface area contributed by atoms with E-state index in [1.165, 1.54) is 3.71 Å². The molecule has 0 atom stereocenters. The molecule has 0 aliphatic rings. The number of methoxy groups -OCH3 is 1. The van der Waals surface area contributed by atoms with Gasteiger partial charge in [0.05, 0.1) is 0 Å². The summed E-state index contributed by atoms with van der Waals surface area (Å²) in [4.78, 5) is 15.2. The molecule has 0 aromatic carbocycles. The minimum atomic E-state index is -2.01. The number of rotatable bonds is 2. The third-order valence-electron chi connectivity index (χ3n) is 1.62. The maximum absolute atomic E-state index is 5.03. The van der Waals surface area contributed by atoms with Crippen LogP contribution in [0, 0.1) is 0 Å². The van der Waals surface area contributed by atoms with Gasteiger partial charge >= 0.3 is 77.0 Å². The molecule has 0 bridgehead atoms. The van der Waals surface area contributed by atoms with Gasteiger partial charge in [-0.15, -0.1) is 0 Å². The minimum absolute atomic E-state index is 0.673. The second-order valence-corrected chi connectivity index (χ2v) is 18.0. The molecule has 0 aliphatic carbocycles. The molecule has 66 valence electrons. The molecule has 12 heavy (non-hydrogen) atoms. The Hall–Kier alpha value is -0.321. The van der Waals surface area contributed by atoms with Gasteiger partial charge < -0.3 is 0 Å². The summed E-state index contributed by atoms with van der Waals surface area (Å²) in [6.45, 7) is 0. The van der Waals surface area contributed by atoms with Crippen molar-refractivity contribution >= 4 is 22.1 Å². The molecule has 0 amide bonds. The molecular weight excluding hydrogens is 259 g/mol. The quantitative estimate of drug-likeness (QED) is 0.755. The van der Waals surface area contributed by atoms with E-state index in [1.54, 1.807) is 13.4 Å². The summed E-state index contributed by atoms with van der Waals surface area (Å²) in [6, 6.07) is 1.95. The van der Waals surface area contributed by atoms with Crippen LogP contribution in [0.2, 0.25) is 14.8 Å². The van der Waals surface area contributed by atoms with E-state index in [1.807, 2.05) is 6.07 Å². The first kappa shape index (κ1) is 9.76. The third-order valence-corrected chi connectivity index (χ3v) is 6.79. The number of ether oxygens (including phenoxy) is 1. The molecule has 0 saturated heterocycles. The Morgan fingerprint density at radius 1 is 1.25 bits per heavy atom. The van der Waals surface area contributed by atoms with Gasteiger partial charge in [0.1, 0.15) is 0 Å². The van der Waals surface area contributed by atoms with Gasteiger partial charge in [0, 0.05) is 0 Å². The average Bonchev–Trinajstić information content (AvgIpc) is 2.03. The summed E-state index contributed by atoms with van der Waals surface area (Å²) in [6.07, 6.45) is 1.58. The second kappa shape index (κ2) is 3.60. The second-order valence-electron chi connectivity index (χ2n) is 3.70. The van der Waals surface area contributed by atoms with Gasteiger partial charge in [-0.2, -0.15) is 0 Å². The van der Waals surface area contributed by atoms with Crippen LogP contribution in [0.3, 0.4) is 0 Å². The van der Waals surface area contributed by atoms with Gasteiger partial charge in [0.2, 0.25) is 0 Å². The average molecular weight is 273 g/mol. The van der Waals surface area contributed by atoms with Crippen LogP contribution in [0.25, 0.3) is 0 Å². The van der Waals surface area contributed by atoms with Crippen LogP contribution in [-0.2, 0) is 0 Å². The van der Waals surface area contributed by atoms with Crippen LogP contribution in [-0.4, -0.2) is 35.5 Å². The number of nitrogens with zero attached hydrogens (tertiary/aromatic N) is 2. The van der Waals surface area contributed by atoms with E-state index in [2.05, 4.69) is 24.8 Å². The van der Waals surface area contributed by atoms with Crippen LogP contribution >= 0.6 is 0 Å². The molecule has 4 heteroatoms. The zero-order valence-corrected chi connectivity index (χ0v) is 10.8. The standard InChI is InChI=1S/C5H5N2O.3CH3.Sn/c1-8-5-2-3-6-4-7-5;;;;/h2,4H,1H3;3*1H3;. The number of aromatic nitrogens is 2. The first-order chi connectivity index (χ1) is 5.54. The monoisotopic (exact) mass is 274 g/mol. The third kappa shape index (κ3) is 2.33. The van der Waals surface area contributed by atoms with Crippen molar-refractivity contribution < 1.29 is 4.74 Å². The van der Waals surface area contributed by atoms with Gasteiger partial charge in [-0.1, -0.05) is 0 Å². The molecule has 0 saturated carbocycles. The molecule has 1 heterocycles. The Morgan fingerprint density at radius 3 is 2.42 bits per heavy atom. The van der Waals surface area contributed by atoms with Crippen LogP contribution in [0.5, 0.6) is 5.88 Å². The Morgan fingerprint density at radius 2 is 1.92 bits per heavy atom. The fraction of sp³-hybridized carbons (Fsp3) is 0.500. The van der Waals surface area contributed by atoms with Gasteiger partial charge in [0.25, 0.3) is 0 Å². The van der Waals surface area contributed by atoms with Gasteiger partial charge in [0.15, 0.2) is 0 Å². The number of hydrogen-bond acceptors (Lipinski definition) is 3. The summed E-state index contributed by atoms with van der Waals surface area (Å²) in [5, 5.41) is 0. The van der Waals surface area contributed by atoms with E-state index in [9.17, 15) is 0 Å². The molecule has 1 aromatic heterocycles. The van der Waals surface area contributed by atoms with Gasteiger partial charge in [-0.05, 0) is 0 Å². The van der Waals surface area contributed by atoms with Crippen molar-refractivity contribution in [3.05, 3.63) is 12.4 Å². The Balaban J connectivity index is 3.02. The summed E-state index contributed by atoms with van der Waals surface area (Å²) in [5.74, 6) is 0.673. The number of hydrogen-bond donors (Lipinski definition) is 0. The van der Waals surface area contributed by atoms with E-state index < -0.39 is 18.4 Å². The van der Waals surface area contributed by atoms with E-state index in [4.69, 9.17) is 4.74 Å². The Kier molecular flexibility index (Phi) is 2.93. The van der Waals surface area contributed by atoms with Crippen LogP contribution in [0.4, 0.5) is 0 Å². The maximum atomic E-state index is 5.03. The first-order valence-corrected chi connectivity index (χ1v) is 13.9. The molecule has 0 N–H and O–H groups in total. The predicted molar refractivity (Wildman–Crippen MR) is 51.6 cm³/mol. The van der Waals surface area contributed by atoms with E-state index in [0.717, 1.165) is 0 Å². The molecule has 0 aliphatic heterocycles. The van der Waals surface area contributed by atoms with Crippen LogP contribution in [0.15, 0.2) is 12.4 Å². The zero-order valence-electron chi connectivity index (χ0n) is 7.96. The van der Waals surface area contributed by atoms with E-state index in [-0.39, 0.29) is 0 Å². The topological polar surface area (TPSA) is 35.0 Å². The van der Waals surface area contributed by atoms with Crippen molar-refractivity contribution in [3.8, 4) is 5.88 Å². The van der Waals surface area contributed by atoms with E-state index in [0.29, 0.717) is 5.88 Å². The van der Waals surface area contributed by atoms with Crippen molar-refractivity contribution in [2.45, 2.75) is 14.8 Å². The summed E-state index contributed by atoms with van der Waals surface area (Å²) in [7, 11) is 1.63. The summed E-state index contributed by atoms with van der Waals surface area (Å²) in [5.41, 5.74) is 0. The Bertz CT molecular complexity index is 270. The molecule has 0 fully saturated rings. The van der Waals surface area contributed by atoms with Crippen molar-refractivity contribution in [2.24, 2.45) is 0 Å². The molecule has 0 radical (unpaired) electrons. The molecule has 3 nitrogen and oxygen atoms in total. The molecule has 0 spiro atoms. The van der Waals surface area contributed by atoms with Crippen LogP contribution in [0.1, 0.15) is 0 Å². The normalized spacial score (nSPS) is 11.3. The van der Waals surface area contributed by atoms with Crippen molar-refractivity contribution in [1.29, 1.82) is 0 Å². The summed E-state index contributed by atoms with van der Waals surface area (Å²) < 4.78 is 6.24. The molecule has 1 rings (SSSR count). The predicted octanol–water partition coefficient (Wildman–Crippen LogP) is 1.03. The van der Waals surface area contributed by atoms with Gasteiger partial charge in [-0.3, -0.25) is 0 Å². The van der Waals surface area contributed by atoms with Gasteiger partial charge in [-0.25, -0.2) is 0 Å². The molecule has 0 unspecified atom stereocenters. The van der Waals surface area contributed by atoms with Crippen molar-refractivity contribution in [2.75, 3.05) is 7.11 Å². The van der Waals surface area contributed by atoms with Crippen molar-refractivity contribution in [1.82, 2.24) is 9.97 Å². The SMILES string of the molecule is COc1c[c]([Sn]([CH3])([CH3])[CH3])ncn1. The summed E-state index contributed by atoms with van der Waals surface area (Å²) >= 11 is -2.01. The molecule has 1 aromatic rings. The Labute approximate surface area is 77.1 Å². The van der Waals surface area contributed by atoms with E-state index >= 15 is 0 Å². The fourth-order valence-corrected chi connectivity index (χ4v) is 3.72. The zero-order chi connectivity index (χ0) is 9.19.